The first-order valence-corrected chi connectivity index (χ1v) is 8.79. The highest BCUT2D eigenvalue weighted by molar-refractivity contribution is 5.89. The fraction of sp³-hybridized carbons (Fsp3) is 0.350. The van der Waals surface area contributed by atoms with Gasteiger partial charge in [-0.05, 0) is 17.7 Å². The Morgan fingerprint density at radius 1 is 1.07 bits per heavy atom. The molecule has 0 heterocycles. The van der Waals surface area contributed by atoms with Crippen molar-refractivity contribution < 1.29 is 32.2 Å². The zero-order valence-electron chi connectivity index (χ0n) is 16.2. The normalized spacial score (nSPS) is 11.1. The Bertz CT molecular complexity index is 785. The van der Waals surface area contributed by atoms with Crippen LogP contribution in [0.4, 0.5) is 23.7 Å². The topological polar surface area (TPSA) is 60.0 Å². The van der Waals surface area contributed by atoms with Gasteiger partial charge in [0.05, 0.1) is 13.7 Å². The van der Waals surface area contributed by atoms with E-state index in [1.54, 1.807) is 4.90 Å². The summed E-state index contributed by atoms with van der Waals surface area (Å²) in [5.41, 5.74) is 1.21. The second kappa shape index (κ2) is 10.6. The monoisotopic (exact) mass is 412 g/mol. The molecule has 0 atom stereocenters. The van der Waals surface area contributed by atoms with Gasteiger partial charge < -0.3 is 24.4 Å². The molecule has 2 rings (SSSR count). The highest BCUT2D eigenvalue weighted by Crippen LogP contribution is 2.31. The summed E-state index contributed by atoms with van der Waals surface area (Å²) in [5.74, 6) is 0.0156. The van der Waals surface area contributed by atoms with Gasteiger partial charge in [0.2, 0.25) is 0 Å². The van der Waals surface area contributed by atoms with Crippen LogP contribution in [-0.2, 0) is 11.3 Å². The van der Waals surface area contributed by atoms with Gasteiger partial charge >= 0.3 is 12.2 Å². The number of urea groups is 1. The van der Waals surface area contributed by atoms with E-state index in [1.165, 1.54) is 32.4 Å². The molecule has 2 aromatic carbocycles. The van der Waals surface area contributed by atoms with Crippen molar-refractivity contribution in [1.82, 2.24) is 4.90 Å². The molecular formula is C20H23F3N2O4. The van der Waals surface area contributed by atoms with Gasteiger partial charge in [-0.1, -0.05) is 30.3 Å². The van der Waals surface area contributed by atoms with E-state index in [9.17, 15) is 18.0 Å². The zero-order chi connectivity index (χ0) is 21.3. The first kappa shape index (κ1) is 22.4. The van der Waals surface area contributed by atoms with Crippen LogP contribution in [0, 0.1) is 0 Å². The number of rotatable bonds is 9. The lowest BCUT2D eigenvalue weighted by Gasteiger charge is -2.23. The fourth-order valence-electron chi connectivity index (χ4n) is 2.49. The molecular weight excluding hydrogens is 389 g/mol. The number of carbonyl (C=O) groups excluding carboxylic acids is 1. The Morgan fingerprint density at radius 2 is 1.79 bits per heavy atom. The maximum atomic E-state index is 12.7. The summed E-state index contributed by atoms with van der Waals surface area (Å²) in [6.07, 6.45) is -4.49. The summed E-state index contributed by atoms with van der Waals surface area (Å²) < 4.78 is 52.3. The maximum absolute atomic E-state index is 12.7. The highest BCUT2D eigenvalue weighted by atomic mass is 19.4. The second-order valence-corrected chi connectivity index (χ2v) is 6.10. The largest absolute Gasteiger partial charge is 0.493 e. The van der Waals surface area contributed by atoms with Gasteiger partial charge in [0.1, 0.15) is 0 Å². The quantitative estimate of drug-likeness (QED) is 0.667. The third-order valence-corrected chi connectivity index (χ3v) is 3.88. The molecule has 0 aliphatic heterocycles. The lowest BCUT2D eigenvalue weighted by molar-refractivity contribution is -0.153. The Hall–Kier alpha value is -2.94. The average molecular weight is 412 g/mol. The molecule has 0 radical (unpaired) electrons. The third-order valence-electron chi connectivity index (χ3n) is 3.88. The predicted molar refractivity (Wildman–Crippen MR) is 102 cm³/mol. The molecule has 0 fully saturated rings. The minimum absolute atomic E-state index is 0.117. The van der Waals surface area contributed by atoms with Crippen molar-refractivity contribution in [2.24, 2.45) is 0 Å². The Labute approximate surface area is 167 Å². The fourth-order valence-corrected chi connectivity index (χ4v) is 2.49. The van der Waals surface area contributed by atoms with Crippen LogP contribution in [0.3, 0.4) is 0 Å². The standard InChI is InChI=1S/C20H23F3N2O4/c1-27-11-10-25(13-15-6-4-3-5-7-15)19(26)24-16-8-9-17(28-2)18(12-16)29-14-20(21,22)23/h3-9,12H,10-11,13-14H2,1-2H3,(H,24,26). The number of methoxy groups -OCH3 is 2. The molecule has 0 spiro atoms. The van der Waals surface area contributed by atoms with Gasteiger partial charge in [-0.25, -0.2) is 4.79 Å². The summed E-state index contributed by atoms with van der Waals surface area (Å²) >= 11 is 0. The number of benzene rings is 2. The lowest BCUT2D eigenvalue weighted by atomic mass is 10.2. The van der Waals surface area contributed by atoms with E-state index < -0.39 is 18.8 Å². The average Bonchev–Trinajstić information content (AvgIpc) is 2.69. The van der Waals surface area contributed by atoms with Crippen LogP contribution in [-0.4, -0.2) is 51.1 Å². The number of halogens is 3. The Kier molecular flexibility index (Phi) is 8.14. The van der Waals surface area contributed by atoms with Gasteiger partial charge in [-0.15, -0.1) is 0 Å². The number of nitrogens with zero attached hydrogens (tertiary/aromatic N) is 1. The number of anilines is 1. The molecule has 0 aliphatic rings. The number of ether oxygens (including phenoxy) is 3. The smallest absolute Gasteiger partial charge is 0.422 e. The van der Waals surface area contributed by atoms with Gasteiger partial charge in [-0.2, -0.15) is 13.2 Å². The molecule has 0 unspecified atom stereocenters. The van der Waals surface area contributed by atoms with Crippen molar-refractivity contribution in [1.29, 1.82) is 0 Å². The number of nitrogens with one attached hydrogen (secondary N) is 1. The van der Waals surface area contributed by atoms with Crippen molar-refractivity contribution >= 4 is 11.7 Å². The zero-order valence-corrected chi connectivity index (χ0v) is 16.2. The van der Waals surface area contributed by atoms with Gasteiger partial charge in [0, 0.05) is 32.0 Å². The summed E-state index contributed by atoms with van der Waals surface area (Å²) in [5, 5.41) is 2.67. The van der Waals surface area contributed by atoms with E-state index in [1.807, 2.05) is 30.3 Å². The van der Waals surface area contributed by atoms with Crippen molar-refractivity contribution in [2.45, 2.75) is 12.7 Å². The number of carbonyl (C=O) groups is 1. The van der Waals surface area contributed by atoms with Crippen molar-refractivity contribution in [3.05, 3.63) is 54.1 Å². The molecule has 2 amide bonds. The van der Waals surface area contributed by atoms with Gasteiger partial charge in [0.15, 0.2) is 18.1 Å². The Balaban J connectivity index is 2.12. The van der Waals surface area contributed by atoms with Crippen molar-refractivity contribution in [3.63, 3.8) is 0 Å². The Morgan fingerprint density at radius 3 is 2.41 bits per heavy atom. The summed E-state index contributed by atoms with van der Waals surface area (Å²) in [6, 6.07) is 13.2. The van der Waals surface area contributed by atoms with E-state index >= 15 is 0 Å². The van der Waals surface area contributed by atoms with Crippen LogP contribution >= 0.6 is 0 Å². The van der Waals surface area contributed by atoms with Crippen molar-refractivity contribution in [3.8, 4) is 11.5 Å². The van der Waals surface area contributed by atoms with Crippen LogP contribution in [0.15, 0.2) is 48.5 Å². The molecule has 0 bridgehead atoms. The maximum Gasteiger partial charge on any atom is 0.422 e. The molecule has 0 aliphatic carbocycles. The second-order valence-electron chi connectivity index (χ2n) is 6.10. The van der Waals surface area contributed by atoms with E-state index in [-0.39, 0.29) is 17.2 Å². The summed E-state index contributed by atoms with van der Waals surface area (Å²) in [7, 11) is 2.85. The lowest BCUT2D eigenvalue weighted by Crippen LogP contribution is -2.36. The SMILES string of the molecule is COCCN(Cc1ccccc1)C(=O)Nc1ccc(OC)c(OCC(F)(F)F)c1. The third kappa shape index (κ3) is 7.53. The number of alkyl halides is 3. The minimum atomic E-state index is -4.49. The first-order valence-electron chi connectivity index (χ1n) is 8.79. The van der Waals surface area contributed by atoms with Crippen LogP contribution in [0.1, 0.15) is 5.56 Å². The van der Waals surface area contributed by atoms with Crippen LogP contribution in [0.25, 0.3) is 0 Å². The molecule has 0 saturated carbocycles. The molecule has 29 heavy (non-hydrogen) atoms. The van der Waals surface area contributed by atoms with Gasteiger partial charge in [0.25, 0.3) is 0 Å². The molecule has 0 saturated heterocycles. The molecule has 1 N–H and O–H groups in total. The highest BCUT2D eigenvalue weighted by Gasteiger charge is 2.29. The molecule has 0 aromatic heterocycles. The number of amides is 2. The molecule has 2 aromatic rings. The molecule has 6 nitrogen and oxygen atoms in total. The molecule has 9 heteroatoms. The van der Waals surface area contributed by atoms with Crippen LogP contribution < -0.4 is 14.8 Å². The van der Waals surface area contributed by atoms with Crippen LogP contribution in [0.5, 0.6) is 11.5 Å². The first-order chi connectivity index (χ1) is 13.8. The van der Waals surface area contributed by atoms with E-state index in [0.29, 0.717) is 19.7 Å². The van der Waals surface area contributed by atoms with E-state index in [4.69, 9.17) is 14.2 Å². The minimum Gasteiger partial charge on any atom is -0.493 e. The number of hydrogen-bond donors (Lipinski definition) is 1. The van der Waals surface area contributed by atoms with Crippen molar-refractivity contribution in [2.75, 3.05) is 39.3 Å². The predicted octanol–water partition coefficient (Wildman–Crippen LogP) is 4.32. The van der Waals surface area contributed by atoms with Crippen LogP contribution in [0.2, 0.25) is 0 Å². The van der Waals surface area contributed by atoms with E-state index in [0.717, 1.165) is 5.56 Å². The summed E-state index contributed by atoms with van der Waals surface area (Å²) in [6.45, 7) is -0.439. The van der Waals surface area contributed by atoms with Gasteiger partial charge in [-0.3, -0.25) is 0 Å². The number of hydrogen-bond acceptors (Lipinski definition) is 4. The van der Waals surface area contributed by atoms with E-state index in [2.05, 4.69) is 5.32 Å². The summed E-state index contributed by atoms with van der Waals surface area (Å²) in [4.78, 5) is 14.3. The molecule has 158 valence electrons.